The van der Waals surface area contributed by atoms with Gasteiger partial charge in [0.05, 0.1) is 0 Å². The first-order valence-corrected chi connectivity index (χ1v) is 8.93. The van der Waals surface area contributed by atoms with Gasteiger partial charge in [0.15, 0.2) is 5.11 Å². The summed E-state index contributed by atoms with van der Waals surface area (Å²) in [6.07, 6.45) is 3.06. The maximum absolute atomic E-state index is 12.0. The molecule has 0 atom stereocenters. The van der Waals surface area contributed by atoms with Gasteiger partial charge in [-0.15, -0.1) is 11.3 Å². The normalized spacial score (nSPS) is 10.4. The number of thiocarbonyl (C=S) groups is 1. The van der Waals surface area contributed by atoms with Crippen LogP contribution in [-0.2, 0) is 4.79 Å². The van der Waals surface area contributed by atoms with E-state index < -0.39 is 0 Å². The van der Waals surface area contributed by atoms with Gasteiger partial charge in [-0.1, -0.05) is 28.1 Å². The van der Waals surface area contributed by atoms with Crippen molar-refractivity contribution in [2.45, 2.75) is 6.92 Å². The Morgan fingerprint density at radius 2 is 2.04 bits per heavy atom. The van der Waals surface area contributed by atoms with Gasteiger partial charge in [-0.05, 0) is 54.4 Å². The average Bonchev–Trinajstić information content (AvgIpc) is 3.06. The van der Waals surface area contributed by atoms with Crippen molar-refractivity contribution in [3.05, 3.63) is 62.3 Å². The fraction of sp³-hybridized carbons (Fsp3) is 0.0625. The van der Waals surface area contributed by atoms with Gasteiger partial charge >= 0.3 is 0 Å². The number of aryl methyl sites for hydroxylation is 1. The summed E-state index contributed by atoms with van der Waals surface area (Å²) in [4.78, 5) is 24.7. The summed E-state index contributed by atoms with van der Waals surface area (Å²) in [5.41, 5.74) is 6.42. The van der Waals surface area contributed by atoms with Crippen LogP contribution in [0, 0.1) is 6.92 Å². The molecule has 1 aromatic heterocycles. The minimum Gasteiger partial charge on any atom is -0.298 e. The van der Waals surface area contributed by atoms with E-state index >= 15 is 0 Å². The molecule has 0 spiro atoms. The largest absolute Gasteiger partial charge is 0.298 e. The maximum atomic E-state index is 12.0. The third-order valence-electron chi connectivity index (χ3n) is 2.90. The highest BCUT2D eigenvalue weighted by molar-refractivity contribution is 9.10. The number of hydrogen-bond donors (Lipinski definition) is 3. The zero-order valence-corrected chi connectivity index (χ0v) is 15.8. The molecule has 0 saturated heterocycles. The molecule has 0 radical (unpaired) electrons. The molecule has 5 nitrogen and oxygen atoms in total. The molecule has 1 heterocycles. The van der Waals surface area contributed by atoms with Gasteiger partial charge in [-0.3, -0.25) is 25.8 Å². The second-order valence-corrected chi connectivity index (χ2v) is 6.95. The van der Waals surface area contributed by atoms with Gasteiger partial charge in [0.2, 0.25) is 5.91 Å². The fourth-order valence-electron chi connectivity index (χ4n) is 1.65. The predicted molar refractivity (Wildman–Crippen MR) is 104 cm³/mol. The van der Waals surface area contributed by atoms with Gasteiger partial charge in [-0.2, -0.15) is 0 Å². The highest BCUT2D eigenvalue weighted by atomic mass is 79.9. The maximum Gasteiger partial charge on any atom is 0.269 e. The number of carbonyl (C=O) groups is 2. The number of amides is 2. The van der Waals surface area contributed by atoms with Gasteiger partial charge in [0, 0.05) is 21.0 Å². The van der Waals surface area contributed by atoms with E-state index in [1.165, 1.54) is 17.4 Å². The van der Waals surface area contributed by atoms with Crippen LogP contribution < -0.4 is 16.2 Å². The first-order valence-electron chi connectivity index (χ1n) is 6.85. The topological polar surface area (TPSA) is 70.2 Å². The third kappa shape index (κ3) is 5.55. The second kappa shape index (κ2) is 8.72. The number of halogens is 1. The second-order valence-electron chi connectivity index (χ2n) is 4.71. The minimum absolute atomic E-state index is 0.00959. The van der Waals surface area contributed by atoms with Gasteiger partial charge < -0.3 is 0 Å². The first-order chi connectivity index (χ1) is 11.5. The quantitative estimate of drug-likeness (QED) is 0.402. The summed E-state index contributed by atoms with van der Waals surface area (Å²) in [5.74, 6) is -0.741. The van der Waals surface area contributed by atoms with Crippen LogP contribution in [0.25, 0.3) is 6.08 Å². The van der Waals surface area contributed by atoms with E-state index in [2.05, 4.69) is 32.1 Å². The number of nitrogens with one attached hydrogen (secondary N) is 3. The molecule has 2 aromatic rings. The van der Waals surface area contributed by atoms with Gasteiger partial charge in [0.25, 0.3) is 5.91 Å². The molecular formula is C16H14BrN3O2S2. The summed E-state index contributed by atoms with van der Waals surface area (Å²) in [5, 5.41) is 4.37. The predicted octanol–water partition coefficient (Wildman–Crippen LogP) is 3.17. The van der Waals surface area contributed by atoms with E-state index in [0.29, 0.717) is 5.56 Å². The van der Waals surface area contributed by atoms with Crippen LogP contribution in [0.4, 0.5) is 0 Å². The number of carbonyl (C=O) groups excluding carboxylic acids is 2. The number of hydrogen-bond acceptors (Lipinski definition) is 4. The third-order valence-corrected chi connectivity index (χ3v) is 4.80. The van der Waals surface area contributed by atoms with Crippen molar-refractivity contribution in [3.8, 4) is 0 Å². The summed E-state index contributed by atoms with van der Waals surface area (Å²) in [6, 6.07) is 9.02. The molecule has 124 valence electrons. The lowest BCUT2D eigenvalue weighted by atomic mass is 10.1. The van der Waals surface area contributed by atoms with Crippen LogP contribution in [0.3, 0.4) is 0 Å². The molecule has 0 fully saturated rings. The molecule has 3 N–H and O–H groups in total. The number of rotatable bonds is 3. The molecule has 0 saturated carbocycles. The van der Waals surface area contributed by atoms with E-state index in [9.17, 15) is 9.59 Å². The van der Waals surface area contributed by atoms with E-state index in [-0.39, 0.29) is 16.9 Å². The van der Waals surface area contributed by atoms with Crippen LogP contribution in [0.1, 0.15) is 20.8 Å². The van der Waals surface area contributed by atoms with Gasteiger partial charge in [-0.25, -0.2) is 0 Å². The lowest BCUT2D eigenvalue weighted by molar-refractivity contribution is -0.115. The zero-order valence-electron chi connectivity index (χ0n) is 12.6. The van der Waals surface area contributed by atoms with Crippen molar-refractivity contribution < 1.29 is 9.59 Å². The van der Waals surface area contributed by atoms with Crippen molar-refractivity contribution in [3.63, 3.8) is 0 Å². The first kappa shape index (κ1) is 18.3. The molecule has 0 aliphatic heterocycles. The Kier molecular flexibility index (Phi) is 6.65. The monoisotopic (exact) mass is 423 g/mol. The van der Waals surface area contributed by atoms with Crippen molar-refractivity contribution in [2.24, 2.45) is 0 Å². The minimum atomic E-state index is -0.381. The number of hydrazine groups is 1. The smallest absolute Gasteiger partial charge is 0.269 e. The summed E-state index contributed by atoms with van der Waals surface area (Å²) in [6.45, 7) is 1.93. The van der Waals surface area contributed by atoms with Crippen LogP contribution >= 0.6 is 39.5 Å². The highest BCUT2D eigenvalue weighted by Crippen LogP contribution is 2.17. The van der Waals surface area contributed by atoms with Crippen LogP contribution in [0.5, 0.6) is 0 Å². The SMILES string of the molecule is Cc1ccc(C(=O)NNC(=S)NC(=O)C=Cc2cccs2)cc1Br. The fourth-order valence-corrected chi connectivity index (χ4v) is 2.80. The Hall–Kier alpha value is -2.03. The van der Waals surface area contributed by atoms with E-state index in [0.717, 1.165) is 14.9 Å². The van der Waals surface area contributed by atoms with Crippen LogP contribution in [0.15, 0.2) is 46.3 Å². The van der Waals surface area contributed by atoms with Crippen LogP contribution in [0.2, 0.25) is 0 Å². The summed E-state index contributed by atoms with van der Waals surface area (Å²) < 4.78 is 0.838. The Labute approximate surface area is 157 Å². The Morgan fingerprint density at radius 3 is 2.71 bits per heavy atom. The zero-order chi connectivity index (χ0) is 17.5. The summed E-state index contributed by atoms with van der Waals surface area (Å²) >= 11 is 9.85. The van der Waals surface area contributed by atoms with Crippen LogP contribution in [-0.4, -0.2) is 16.9 Å². The standard InChI is InChI=1S/C16H14BrN3O2S2/c1-10-4-5-11(9-13(10)17)15(22)19-20-16(23)18-14(21)7-6-12-3-2-8-24-12/h2-9H,1H3,(H,19,22)(H2,18,20,21,23). The molecule has 0 bridgehead atoms. The molecule has 8 heteroatoms. The lowest BCUT2D eigenvalue weighted by Gasteiger charge is -2.10. The molecule has 0 aliphatic rings. The van der Waals surface area contributed by atoms with Crippen molar-refractivity contribution >= 4 is 62.5 Å². The molecule has 2 amide bonds. The Bertz CT molecular complexity index is 789. The van der Waals surface area contributed by atoms with Gasteiger partial charge in [0.1, 0.15) is 0 Å². The molecule has 1 aromatic carbocycles. The van der Waals surface area contributed by atoms with Crippen molar-refractivity contribution in [2.75, 3.05) is 0 Å². The van der Waals surface area contributed by atoms with E-state index in [1.807, 2.05) is 30.5 Å². The summed E-state index contributed by atoms with van der Waals surface area (Å²) in [7, 11) is 0. The Morgan fingerprint density at radius 1 is 1.25 bits per heavy atom. The lowest BCUT2D eigenvalue weighted by Crippen LogP contribution is -2.48. The number of thiophene rings is 1. The molecular weight excluding hydrogens is 410 g/mol. The van der Waals surface area contributed by atoms with E-state index in [4.69, 9.17) is 12.2 Å². The van der Waals surface area contributed by atoms with Crippen molar-refractivity contribution in [1.29, 1.82) is 0 Å². The van der Waals surface area contributed by atoms with E-state index in [1.54, 1.807) is 18.2 Å². The highest BCUT2D eigenvalue weighted by Gasteiger charge is 2.08. The average molecular weight is 424 g/mol. The molecule has 0 unspecified atom stereocenters. The number of benzene rings is 1. The molecule has 24 heavy (non-hydrogen) atoms. The molecule has 2 rings (SSSR count). The van der Waals surface area contributed by atoms with Crippen molar-refractivity contribution in [1.82, 2.24) is 16.2 Å². The Balaban J connectivity index is 1.80. The molecule has 0 aliphatic carbocycles.